The number of nitro groups is 1. The maximum absolute atomic E-state index is 12.3. The molecule has 6 nitrogen and oxygen atoms in total. The van der Waals surface area contributed by atoms with E-state index >= 15 is 0 Å². The monoisotopic (exact) mass is 337 g/mol. The summed E-state index contributed by atoms with van der Waals surface area (Å²) in [5, 5.41) is 14.4. The predicted octanol–water partition coefficient (Wildman–Crippen LogP) is 3.84. The van der Waals surface area contributed by atoms with Crippen molar-refractivity contribution in [3.8, 4) is 0 Å². The minimum atomic E-state index is -0.617. The van der Waals surface area contributed by atoms with Crippen molar-refractivity contribution in [2.24, 2.45) is 0 Å². The van der Waals surface area contributed by atoms with E-state index in [1.807, 2.05) is 0 Å². The fourth-order valence-electron chi connectivity index (χ4n) is 2.42. The molecule has 0 atom stereocenters. The Hall–Kier alpha value is -1.99. The van der Waals surface area contributed by atoms with Crippen LogP contribution in [-0.2, 0) is 12.8 Å². The summed E-state index contributed by atoms with van der Waals surface area (Å²) in [4.78, 5) is 28.3. The number of carbonyl (C=O) groups is 1. The fourth-order valence-corrected chi connectivity index (χ4v) is 3.63. The Morgan fingerprint density at radius 1 is 1.36 bits per heavy atom. The Balaban J connectivity index is 1.85. The molecule has 3 rings (SSSR count). The highest BCUT2D eigenvalue weighted by atomic mass is 35.5. The number of aromatic nitrogens is 1. The molecule has 0 spiro atoms. The second-order valence-corrected chi connectivity index (χ2v) is 6.49. The molecular formula is C14H12ClN3O3S. The average molecular weight is 338 g/mol. The second-order valence-electron chi connectivity index (χ2n) is 4.97. The Bertz CT molecular complexity index is 736. The molecule has 0 unspecified atom stereocenters. The van der Waals surface area contributed by atoms with E-state index in [-0.39, 0.29) is 16.3 Å². The van der Waals surface area contributed by atoms with Gasteiger partial charge in [0.05, 0.1) is 10.6 Å². The van der Waals surface area contributed by atoms with Crippen LogP contribution in [0.5, 0.6) is 0 Å². The number of thiazole rings is 1. The largest absolute Gasteiger partial charge is 0.298 e. The third-order valence-corrected chi connectivity index (χ3v) is 4.78. The molecule has 114 valence electrons. The number of amides is 1. The highest BCUT2D eigenvalue weighted by Crippen LogP contribution is 2.30. The predicted molar refractivity (Wildman–Crippen MR) is 84.8 cm³/mol. The van der Waals surface area contributed by atoms with E-state index in [1.165, 1.54) is 34.4 Å². The summed E-state index contributed by atoms with van der Waals surface area (Å²) < 4.78 is 0. The van der Waals surface area contributed by atoms with Crippen molar-refractivity contribution in [3.05, 3.63) is 49.5 Å². The average Bonchev–Trinajstić information content (AvgIpc) is 2.89. The number of nitrogens with one attached hydrogen (secondary N) is 1. The number of aryl methyl sites for hydroxylation is 2. The van der Waals surface area contributed by atoms with Crippen molar-refractivity contribution in [1.29, 1.82) is 0 Å². The maximum atomic E-state index is 12.3. The van der Waals surface area contributed by atoms with Gasteiger partial charge in [0.25, 0.3) is 11.6 Å². The van der Waals surface area contributed by atoms with Gasteiger partial charge in [0.1, 0.15) is 5.56 Å². The van der Waals surface area contributed by atoms with Gasteiger partial charge in [0.2, 0.25) is 0 Å². The van der Waals surface area contributed by atoms with Gasteiger partial charge >= 0.3 is 0 Å². The summed E-state index contributed by atoms with van der Waals surface area (Å²) in [5.74, 6) is -0.547. The summed E-state index contributed by atoms with van der Waals surface area (Å²) in [6, 6.07) is 3.98. The first-order valence-electron chi connectivity index (χ1n) is 6.78. The molecule has 1 aromatic heterocycles. The van der Waals surface area contributed by atoms with Crippen LogP contribution in [0.2, 0.25) is 5.02 Å². The van der Waals surface area contributed by atoms with Crippen molar-refractivity contribution in [1.82, 2.24) is 4.98 Å². The van der Waals surface area contributed by atoms with Crippen molar-refractivity contribution < 1.29 is 9.72 Å². The third kappa shape index (κ3) is 2.95. The van der Waals surface area contributed by atoms with E-state index < -0.39 is 10.8 Å². The Labute approximate surface area is 135 Å². The summed E-state index contributed by atoms with van der Waals surface area (Å²) >= 11 is 7.18. The standard InChI is InChI=1S/C14H12ClN3O3S/c15-8-5-6-9(11(7-8)18(20)21)13(19)17-14-16-10-3-1-2-4-12(10)22-14/h5-7H,1-4H2,(H,16,17,19). The van der Waals surface area contributed by atoms with Gasteiger partial charge in [-0.05, 0) is 37.8 Å². The molecule has 0 bridgehead atoms. The Kier molecular flexibility index (Phi) is 4.08. The molecule has 1 aromatic carbocycles. The van der Waals surface area contributed by atoms with E-state index in [4.69, 9.17) is 11.6 Å². The molecule has 22 heavy (non-hydrogen) atoms. The number of nitrogens with zero attached hydrogens (tertiary/aromatic N) is 2. The lowest BCUT2D eigenvalue weighted by Gasteiger charge is -2.06. The van der Waals surface area contributed by atoms with E-state index in [2.05, 4.69) is 10.3 Å². The highest BCUT2D eigenvalue weighted by molar-refractivity contribution is 7.15. The number of hydrogen-bond donors (Lipinski definition) is 1. The van der Waals surface area contributed by atoms with Crippen molar-refractivity contribution in [2.45, 2.75) is 25.7 Å². The zero-order valence-corrected chi connectivity index (χ0v) is 13.0. The molecule has 0 saturated heterocycles. The highest BCUT2D eigenvalue weighted by Gasteiger charge is 2.22. The first-order valence-corrected chi connectivity index (χ1v) is 7.98. The normalized spacial score (nSPS) is 13.5. The van der Waals surface area contributed by atoms with Crippen LogP contribution in [0.4, 0.5) is 10.8 Å². The first kappa shape index (κ1) is 14.9. The Morgan fingerprint density at radius 2 is 2.14 bits per heavy atom. The van der Waals surface area contributed by atoms with Gasteiger partial charge < -0.3 is 0 Å². The third-order valence-electron chi connectivity index (χ3n) is 3.47. The molecule has 1 amide bonds. The summed E-state index contributed by atoms with van der Waals surface area (Å²) in [5.41, 5.74) is 0.686. The molecular weight excluding hydrogens is 326 g/mol. The van der Waals surface area contributed by atoms with Crippen LogP contribution in [0, 0.1) is 10.1 Å². The lowest BCUT2D eigenvalue weighted by atomic mass is 10.0. The molecule has 0 radical (unpaired) electrons. The number of benzene rings is 1. The van der Waals surface area contributed by atoms with Gasteiger partial charge in [0, 0.05) is 16.0 Å². The van der Waals surface area contributed by atoms with Crippen LogP contribution in [0.3, 0.4) is 0 Å². The smallest absolute Gasteiger partial charge is 0.283 e. The molecule has 0 aliphatic heterocycles. The van der Waals surface area contributed by atoms with E-state index in [0.717, 1.165) is 31.4 Å². The number of hydrogen-bond acceptors (Lipinski definition) is 5. The van der Waals surface area contributed by atoms with Crippen LogP contribution >= 0.6 is 22.9 Å². The van der Waals surface area contributed by atoms with Gasteiger partial charge in [-0.15, -0.1) is 11.3 Å². The van der Waals surface area contributed by atoms with Crippen molar-refractivity contribution in [2.75, 3.05) is 5.32 Å². The molecule has 1 aliphatic rings. The molecule has 2 aromatic rings. The van der Waals surface area contributed by atoms with E-state index in [1.54, 1.807) is 0 Å². The molecule has 0 fully saturated rings. The number of nitro benzene ring substituents is 1. The summed E-state index contributed by atoms with van der Waals surface area (Å²) in [6.45, 7) is 0. The van der Waals surface area contributed by atoms with Gasteiger partial charge in [0.15, 0.2) is 5.13 Å². The number of rotatable bonds is 3. The van der Waals surface area contributed by atoms with Crippen LogP contribution in [0.25, 0.3) is 0 Å². The lowest BCUT2D eigenvalue weighted by Crippen LogP contribution is -2.13. The zero-order valence-electron chi connectivity index (χ0n) is 11.5. The number of anilines is 1. The number of halogens is 1. The summed E-state index contributed by atoms with van der Waals surface area (Å²) in [7, 11) is 0. The van der Waals surface area contributed by atoms with Gasteiger partial charge in [-0.3, -0.25) is 20.2 Å². The van der Waals surface area contributed by atoms with Gasteiger partial charge in [-0.1, -0.05) is 11.6 Å². The van der Waals surface area contributed by atoms with Crippen LogP contribution in [0.15, 0.2) is 18.2 Å². The van der Waals surface area contributed by atoms with Gasteiger partial charge in [-0.25, -0.2) is 4.98 Å². The van der Waals surface area contributed by atoms with Crippen LogP contribution in [0.1, 0.15) is 33.8 Å². The maximum Gasteiger partial charge on any atom is 0.283 e. The number of carbonyl (C=O) groups excluding carboxylic acids is 1. The molecule has 1 aliphatic carbocycles. The van der Waals surface area contributed by atoms with Crippen LogP contribution < -0.4 is 5.32 Å². The molecule has 0 saturated carbocycles. The SMILES string of the molecule is O=C(Nc1nc2c(s1)CCCC2)c1ccc(Cl)cc1[N+](=O)[O-]. The lowest BCUT2D eigenvalue weighted by molar-refractivity contribution is -0.385. The topological polar surface area (TPSA) is 85.1 Å². The fraction of sp³-hybridized carbons (Fsp3) is 0.286. The molecule has 1 heterocycles. The van der Waals surface area contributed by atoms with Crippen molar-refractivity contribution in [3.63, 3.8) is 0 Å². The Morgan fingerprint density at radius 3 is 2.86 bits per heavy atom. The zero-order chi connectivity index (χ0) is 15.7. The van der Waals surface area contributed by atoms with Crippen LogP contribution in [-0.4, -0.2) is 15.8 Å². The first-order chi connectivity index (χ1) is 10.5. The minimum Gasteiger partial charge on any atom is -0.298 e. The van der Waals surface area contributed by atoms with Crippen molar-refractivity contribution >= 4 is 39.7 Å². The summed E-state index contributed by atoms with van der Waals surface area (Å²) in [6.07, 6.45) is 4.13. The molecule has 1 N–H and O–H groups in total. The quantitative estimate of drug-likeness (QED) is 0.681. The van der Waals surface area contributed by atoms with Gasteiger partial charge in [-0.2, -0.15) is 0 Å². The number of fused-ring (bicyclic) bond motifs is 1. The van der Waals surface area contributed by atoms with E-state index in [0.29, 0.717) is 5.13 Å². The second kappa shape index (κ2) is 6.02. The van der Waals surface area contributed by atoms with E-state index in [9.17, 15) is 14.9 Å². The molecule has 8 heteroatoms. The minimum absolute atomic E-state index is 0.0254.